The third-order valence-corrected chi connectivity index (χ3v) is 4.14. The first-order chi connectivity index (χ1) is 15.0. The summed E-state index contributed by atoms with van der Waals surface area (Å²) in [4.78, 5) is 58.9. The summed E-state index contributed by atoms with van der Waals surface area (Å²) in [5.41, 5.74) is 0.144. The summed E-state index contributed by atoms with van der Waals surface area (Å²) in [5, 5.41) is 0. The molecule has 2 rings (SSSR count). The molecule has 0 amide bonds. The summed E-state index contributed by atoms with van der Waals surface area (Å²) in [7, 11) is 0. The Morgan fingerprint density at radius 1 is 0.906 bits per heavy atom. The van der Waals surface area contributed by atoms with Gasteiger partial charge in [-0.3, -0.25) is 23.9 Å². The summed E-state index contributed by atoms with van der Waals surface area (Å²) in [6.07, 6.45) is -9.41. The minimum atomic E-state index is -3.83. The van der Waals surface area contributed by atoms with Gasteiger partial charge in [-0.25, -0.2) is 9.18 Å². The zero-order chi connectivity index (χ0) is 24.1. The van der Waals surface area contributed by atoms with Crippen molar-refractivity contribution in [1.82, 2.24) is 0 Å². The SMILES string of the molecule is CC(=O)O[C@@H]1[C@@H](OC(C)=O)[C@H](OC(C)=O)[C@@](F)(C(=O)OCC(=O)c2ccccc2)O[C@H]1F. The lowest BCUT2D eigenvalue weighted by molar-refractivity contribution is -0.336. The number of rotatable bonds is 7. The van der Waals surface area contributed by atoms with Crippen molar-refractivity contribution in [3.05, 3.63) is 35.9 Å². The third-order valence-electron chi connectivity index (χ3n) is 4.14. The van der Waals surface area contributed by atoms with Gasteiger partial charge in [-0.1, -0.05) is 30.3 Å². The first-order valence-electron chi connectivity index (χ1n) is 9.23. The Morgan fingerprint density at radius 2 is 1.44 bits per heavy atom. The second kappa shape index (κ2) is 10.3. The van der Waals surface area contributed by atoms with E-state index in [1.54, 1.807) is 18.2 Å². The number of hydrogen-bond donors (Lipinski definition) is 0. The van der Waals surface area contributed by atoms with Crippen molar-refractivity contribution >= 4 is 29.7 Å². The van der Waals surface area contributed by atoms with Crippen LogP contribution in [0.3, 0.4) is 0 Å². The summed E-state index contributed by atoms with van der Waals surface area (Å²) in [6.45, 7) is 1.64. The minimum absolute atomic E-state index is 0.144. The van der Waals surface area contributed by atoms with Crippen LogP contribution in [0, 0.1) is 0 Å². The average Bonchev–Trinajstić information content (AvgIpc) is 2.71. The van der Waals surface area contributed by atoms with Crippen LogP contribution in [0.4, 0.5) is 8.78 Å². The number of carbonyl (C=O) groups excluding carboxylic acids is 5. The van der Waals surface area contributed by atoms with Gasteiger partial charge in [0.05, 0.1) is 0 Å². The van der Waals surface area contributed by atoms with Crippen molar-refractivity contribution < 1.29 is 56.4 Å². The predicted octanol–water partition coefficient (Wildman–Crippen LogP) is 1.20. The number of ketones is 1. The summed E-state index contributed by atoms with van der Waals surface area (Å²) >= 11 is 0. The molecule has 1 aliphatic rings. The molecule has 5 atom stereocenters. The molecule has 12 heteroatoms. The second-order valence-corrected chi connectivity index (χ2v) is 6.66. The number of hydrogen-bond acceptors (Lipinski definition) is 10. The molecular formula is C20H20F2O10. The van der Waals surface area contributed by atoms with Crippen LogP contribution in [0.5, 0.6) is 0 Å². The molecule has 1 aromatic carbocycles. The summed E-state index contributed by atoms with van der Waals surface area (Å²) < 4.78 is 53.5. The fourth-order valence-corrected chi connectivity index (χ4v) is 2.89. The molecule has 1 aliphatic heterocycles. The molecule has 1 saturated heterocycles. The van der Waals surface area contributed by atoms with Crippen molar-refractivity contribution in [3.8, 4) is 0 Å². The Bertz CT molecular complexity index is 890. The highest BCUT2D eigenvalue weighted by Crippen LogP contribution is 2.38. The Morgan fingerprint density at radius 3 is 1.97 bits per heavy atom. The molecule has 0 radical (unpaired) electrons. The topological polar surface area (TPSA) is 132 Å². The maximum Gasteiger partial charge on any atom is 0.376 e. The van der Waals surface area contributed by atoms with Gasteiger partial charge in [-0.2, -0.15) is 4.39 Å². The quantitative estimate of drug-likeness (QED) is 0.334. The Balaban J connectivity index is 2.33. The minimum Gasteiger partial charge on any atom is -0.454 e. The highest BCUT2D eigenvalue weighted by Gasteiger charge is 2.66. The Hall–Kier alpha value is -3.41. The average molecular weight is 458 g/mol. The molecule has 32 heavy (non-hydrogen) atoms. The molecule has 0 spiro atoms. The summed E-state index contributed by atoms with van der Waals surface area (Å²) in [6, 6.07) is 7.55. The zero-order valence-electron chi connectivity index (χ0n) is 17.2. The molecule has 0 aromatic heterocycles. The van der Waals surface area contributed by atoms with Gasteiger partial charge in [0.2, 0.25) is 12.5 Å². The van der Waals surface area contributed by atoms with Crippen molar-refractivity contribution in [2.75, 3.05) is 6.61 Å². The van der Waals surface area contributed by atoms with E-state index in [1.807, 2.05) is 0 Å². The van der Waals surface area contributed by atoms with Crippen LogP contribution >= 0.6 is 0 Å². The van der Waals surface area contributed by atoms with E-state index in [0.29, 0.717) is 0 Å². The van der Waals surface area contributed by atoms with Crippen LogP contribution in [-0.4, -0.2) is 66.8 Å². The number of ether oxygens (including phenoxy) is 5. The highest BCUT2D eigenvalue weighted by atomic mass is 19.2. The van der Waals surface area contributed by atoms with Crippen LogP contribution in [0.1, 0.15) is 31.1 Å². The van der Waals surface area contributed by atoms with Crippen LogP contribution in [-0.2, 0) is 42.9 Å². The van der Waals surface area contributed by atoms with Gasteiger partial charge in [0.15, 0.2) is 24.6 Å². The van der Waals surface area contributed by atoms with Gasteiger partial charge in [-0.15, -0.1) is 0 Å². The van der Waals surface area contributed by atoms with E-state index in [-0.39, 0.29) is 5.56 Å². The number of carbonyl (C=O) groups is 5. The van der Waals surface area contributed by atoms with Gasteiger partial charge < -0.3 is 18.9 Å². The van der Waals surface area contributed by atoms with E-state index in [4.69, 9.17) is 9.47 Å². The Kier molecular flexibility index (Phi) is 7.97. The van der Waals surface area contributed by atoms with E-state index in [0.717, 1.165) is 20.8 Å². The largest absolute Gasteiger partial charge is 0.454 e. The van der Waals surface area contributed by atoms with E-state index in [2.05, 4.69) is 14.2 Å². The Labute approximate surface area is 180 Å². The van der Waals surface area contributed by atoms with Crippen molar-refractivity contribution in [2.45, 2.75) is 51.3 Å². The van der Waals surface area contributed by atoms with E-state index in [9.17, 15) is 28.4 Å². The molecule has 1 fully saturated rings. The monoisotopic (exact) mass is 458 g/mol. The summed E-state index contributed by atoms with van der Waals surface area (Å²) in [5.74, 6) is -9.78. The number of Topliss-reactive ketones (excluding diaryl/α,β-unsaturated/α-hetero) is 1. The van der Waals surface area contributed by atoms with Crippen molar-refractivity contribution in [1.29, 1.82) is 0 Å². The molecule has 1 heterocycles. The van der Waals surface area contributed by atoms with Crippen molar-refractivity contribution in [2.24, 2.45) is 0 Å². The molecule has 0 aliphatic carbocycles. The standard InChI is InChI=1S/C20H20F2O10/c1-10(23)29-15-16(30-11(2)24)18(21)32-20(22,17(15)31-12(3)25)19(27)28-9-14(26)13-7-5-4-6-8-13/h4-8,15-18H,9H2,1-3H3/t15-,16-,17+,18-,20+/m1/s1. The van der Waals surface area contributed by atoms with E-state index < -0.39 is 66.8 Å². The van der Waals surface area contributed by atoms with E-state index in [1.165, 1.54) is 12.1 Å². The number of halogens is 2. The van der Waals surface area contributed by atoms with Crippen LogP contribution in [0.2, 0.25) is 0 Å². The lowest BCUT2D eigenvalue weighted by atomic mass is 9.96. The van der Waals surface area contributed by atoms with Crippen LogP contribution in [0.15, 0.2) is 30.3 Å². The lowest BCUT2D eigenvalue weighted by Crippen LogP contribution is -2.67. The molecular weight excluding hydrogens is 438 g/mol. The van der Waals surface area contributed by atoms with Gasteiger partial charge in [-0.05, 0) is 0 Å². The number of benzene rings is 1. The van der Waals surface area contributed by atoms with Crippen molar-refractivity contribution in [3.63, 3.8) is 0 Å². The third kappa shape index (κ3) is 5.84. The maximum absolute atomic E-state index is 15.6. The van der Waals surface area contributed by atoms with Gasteiger partial charge in [0.25, 0.3) is 0 Å². The van der Waals surface area contributed by atoms with Crippen LogP contribution < -0.4 is 0 Å². The zero-order valence-corrected chi connectivity index (χ0v) is 17.2. The van der Waals surface area contributed by atoms with Crippen LogP contribution in [0.25, 0.3) is 0 Å². The molecule has 1 aromatic rings. The number of alkyl halides is 2. The smallest absolute Gasteiger partial charge is 0.376 e. The van der Waals surface area contributed by atoms with Gasteiger partial charge >= 0.3 is 29.7 Å². The number of esters is 4. The fraction of sp³-hybridized carbons (Fsp3) is 0.450. The fourth-order valence-electron chi connectivity index (χ4n) is 2.89. The first-order valence-corrected chi connectivity index (χ1v) is 9.23. The normalized spacial score (nSPS) is 27.0. The molecule has 0 N–H and O–H groups in total. The first kappa shape index (κ1) is 24.9. The lowest BCUT2D eigenvalue weighted by Gasteiger charge is -2.43. The molecule has 174 valence electrons. The molecule has 0 saturated carbocycles. The second-order valence-electron chi connectivity index (χ2n) is 6.66. The van der Waals surface area contributed by atoms with Gasteiger partial charge in [0.1, 0.15) is 0 Å². The maximum atomic E-state index is 15.6. The highest BCUT2D eigenvalue weighted by molar-refractivity contribution is 5.98. The predicted molar refractivity (Wildman–Crippen MR) is 98.2 cm³/mol. The molecule has 10 nitrogen and oxygen atoms in total. The van der Waals surface area contributed by atoms with Gasteiger partial charge in [0, 0.05) is 26.3 Å². The molecule has 0 bridgehead atoms. The van der Waals surface area contributed by atoms with E-state index >= 15 is 4.39 Å². The molecule has 0 unspecified atom stereocenters.